The van der Waals surface area contributed by atoms with Crippen LogP contribution in [0.25, 0.3) is 11.0 Å². The quantitative estimate of drug-likeness (QED) is 0.721. The van der Waals surface area contributed by atoms with Crippen molar-refractivity contribution < 1.29 is 9.53 Å². The summed E-state index contributed by atoms with van der Waals surface area (Å²) in [6.07, 6.45) is 4.57. The van der Waals surface area contributed by atoms with E-state index in [0.29, 0.717) is 12.6 Å². The maximum absolute atomic E-state index is 12.6. The minimum absolute atomic E-state index is 0.0432. The number of nitrogens with one attached hydrogen (secondary N) is 1. The van der Waals surface area contributed by atoms with E-state index in [1.54, 1.807) is 0 Å². The summed E-state index contributed by atoms with van der Waals surface area (Å²) in [7, 11) is 0. The highest BCUT2D eigenvalue weighted by Gasteiger charge is 2.19. The topological polar surface area (TPSA) is 56.2 Å². The number of imidazole rings is 1. The number of nitrogens with zero attached hydrogens (tertiary/aromatic N) is 2. The number of amides is 1. The lowest BCUT2D eigenvalue weighted by Crippen LogP contribution is -2.35. The number of rotatable bonds is 6. The Hall–Kier alpha value is -2.82. The lowest BCUT2D eigenvalue weighted by molar-refractivity contribution is -0.122. The van der Waals surface area contributed by atoms with Crippen LogP contribution in [0.15, 0.2) is 48.5 Å². The second-order valence-electron chi connectivity index (χ2n) is 7.25. The minimum Gasteiger partial charge on any atom is -0.486 e. The van der Waals surface area contributed by atoms with Crippen LogP contribution in [0.3, 0.4) is 0 Å². The molecule has 5 heteroatoms. The molecule has 0 saturated heterocycles. The number of carbonyl (C=O) groups excluding carboxylic acids is 1. The van der Waals surface area contributed by atoms with Crippen LogP contribution in [-0.4, -0.2) is 21.5 Å². The second-order valence-corrected chi connectivity index (χ2v) is 7.25. The van der Waals surface area contributed by atoms with Crippen molar-refractivity contribution in [2.75, 3.05) is 0 Å². The van der Waals surface area contributed by atoms with Crippen LogP contribution in [0.2, 0.25) is 0 Å². The molecule has 4 rings (SSSR count). The molecule has 1 saturated carbocycles. The summed E-state index contributed by atoms with van der Waals surface area (Å²) < 4.78 is 7.88. The van der Waals surface area contributed by atoms with Gasteiger partial charge in [0.1, 0.15) is 24.7 Å². The van der Waals surface area contributed by atoms with Crippen molar-refractivity contribution in [2.24, 2.45) is 0 Å². The molecule has 0 aliphatic heterocycles. The third kappa shape index (κ3) is 4.13. The SMILES string of the molecule is Cc1ccc(OCc2nc3ccccc3n2CC(=O)NC2CCCC2)cc1. The lowest BCUT2D eigenvalue weighted by atomic mass is 10.2. The number of fused-ring (bicyclic) bond motifs is 1. The Labute approximate surface area is 159 Å². The number of para-hydroxylation sites is 2. The molecule has 1 heterocycles. The van der Waals surface area contributed by atoms with Crippen LogP contribution in [-0.2, 0) is 17.9 Å². The summed E-state index contributed by atoms with van der Waals surface area (Å²) in [5.74, 6) is 1.61. The number of hydrogen-bond donors (Lipinski definition) is 1. The molecule has 0 spiro atoms. The van der Waals surface area contributed by atoms with Crippen molar-refractivity contribution in [3.63, 3.8) is 0 Å². The highest BCUT2D eigenvalue weighted by atomic mass is 16.5. The van der Waals surface area contributed by atoms with Crippen LogP contribution < -0.4 is 10.1 Å². The average molecular weight is 363 g/mol. The minimum atomic E-state index is 0.0432. The number of benzene rings is 2. The molecule has 1 aliphatic carbocycles. The molecule has 1 aliphatic rings. The van der Waals surface area contributed by atoms with E-state index in [0.717, 1.165) is 35.4 Å². The van der Waals surface area contributed by atoms with Crippen molar-refractivity contribution in [2.45, 2.75) is 51.8 Å². The van der Waals surface area contributed by atoms with E-state index in [2.05, 4.69) is 10.3 Å². The first kappa shape index (κ1) is 17.6. The van der Waals surface area contributed by atoms with Gasteiger partial charge >= 0.3 is 0 Å². The van der Waals surface area contributed by atoms with Gasteiger partial charge in [-0.2, -0.15) is 0 Å². The van der Waals surface area contributed by atoms with E-state index >= 15 is 0 Å². The standard InChI is InChI=1S/C22H25N3O2/c1-16-10-12-18(13-11-16)27-15-21-24-19-8-4-5-9-20(19)25(21)14-22(26)23-17-6-2-3-7-17/h4-5,8-13,17H,2-3,6-7,14-15H2,1H3,(H,23,26). The molecule has 2 aromatic carbocycles. The molecular weight excluding hydrogens is 338 g/mol. The number of hydrogen-bond acceptors (Lipinski definition) is 3. The lowest BCUT2D eigenvalue weighted by Gasteiger charge is -2.14. The normalized spacial score (nSPS) is 14.6. The van der Waals surface area contributed by atoms with Gasteiger partial charge in [0.25, 0.3) is 0 Å². The summed E-state index contributed by atoms with van der Waals surface area (Å²) in [5, 5.41) is 3.16. The Balaban J connectivity index is 1.53. The van der Waals surface area contributed by atoms with E-state index in [9.17, 15) is 4.79 Å². The van der Waals surface area contributed by atoms with Gasteiger partial charge in [-0.1, -0.05) is 42.7 Å². The Morgan fingerprint density at radius 3 is 2.67 bits per heavy atom. The smallest absolute Gasteiger partial charge is 0.240 e. The fourth-order valence-electron chi connectivity index (χ4n) is 3.68. The van der Waals surface area contributed by atoms with Crippen molar-refractivity contribution in [3.05, 3.63) is 59.9 Å². The van der Waals surface area contributed by atoms with Gasteiger partial charge in [-0.25, -0.2) is 4.98 Å². The Bertz CT molecular complexity index is 924. The van der Waals surface area contributed by atoms with E-state index in [1.165, 1.54) is 18.4 Å². The monoisotopic (exact) mass is 363 g/mol. The van der Waals surface area contributed by atoms with E-state index in [1.807, 2.05) is 60.0 Å². The molecule has 0 radical (unpaired) electrons. The molecule has 1 aromatic heterocycles. The summed E-state index contributed by atoms with van der Waals surface area (Å²) >= 11 is 0. The predicted octanol–water partition coefficient (Wildman–Crippen LogP) is 3.98. The Kier molecular flexibility index (Phi) is 5.10. The molecule has 0 unspecified atom stereocenters. The molecular formula is C22H25N3O2. The number of ether oxygens (including phenoxy) is 1. The molecule has 1 N–H and O–H groups in total. The number of aromatic nitrogens is 2. The summed E-state index contributed by atoms with van der Waals surface area (Å²) in [4.78, 5) is 17.3. The van der Waals surface area contributed by atoms with Gasteiger partial charge in [0.2, 0.25) is 5.91 Å². The average Bonchev–Trinajstić information content (AvgIpc) is 3.29. The molecule has 0 bridgehead atoms. The van der Waals surface area contributed by atoms with Crippen LogP contribution in [0.5, 0.6) is 5.75 Å². The van der Waals surface area contributed by atoms with Crippen LogP contribution >= 0.6 is 0 Å². The first-order chi connectivity index (χ1) is 13.2. The Morgan fingerprint density at radius 2 is 1.89 bits per heavy atom. The Morgan fingerprint density at radius 1 is 1.15 bits per heavy atom. The summed E-state index contributed by atoms with van der Waals surface area (Å²) in [6, 6.07) is 16.2. The maximum atomic E-state index is 12.6. The molecule has 5 nitrogen and oxygen atoms in total. The third-order valence-electron chi connectivity index (χ3n) is 5.14. The van der Waals surface area contributed by atoms with Crippen LogP contribution in [0, 0.1) is 6.92 Å². The van der Waals surface area contributed by atoms with Gasteiger partial charge in [-0.05, 0) is 44.0 Å². The summed E-state index contributed by atoms with van der Waals surface area (Å²) in [6.45, 7) is 2.64. The fraction of sp³-hybridized carbons (Fsp3) is 0.364. The van der Waals surface area contributed by atoms with Gasteiger partial charge in [0, 0.05) is 6.04 Å². The zero-order valence-corrected chi connectivity index (χ0v) is 15.6. The highest BCUT2D eigenvalue weighted by Crippen LogP contribution is 2.20. The van der Waals surface area contributed by atoms with Crippen LogP contribution in [0.1, 0.15) is 37.1 Å². The first-order valence-corrected chi connectivity index (χ1v) is 9.62. The second kappa shape index (κ2) is 7.82. The zero-order valence-electron chi connectivity index (χ0n) is 15.6. The van der Waals surface area contributed by atoms with Crippen molar-refractivity contribution >= 4 is 16.9 Å². The number of carbonyl (C=O) groups is 1. The van der Waals surface area contributed by atoms with Gasteiger partial charge in [-0.15, -0.1) is 0 Å². The van der Waals surface area contributed by atoms with E-state index in [4.69, 9.17) is 4.74 Å². The van der Waals surface area contributed by atoms with Crippen molar-refractivity contribution in [1.29, 1.82) is 0 Å². The van der Waals surface area contributed by atoms with E-state index in [-0.39, 0.29) is 12.5 Å². The molecule has 0 atom stereocenters. The largest absolute Gasteiger partial charge is 0.486 e. The predicted molar refractivity (Wildman–Crippen MR) is 106 cm³/mol. The van der Waals surface area contributed by atoms with Gasteiger partial charge in [0.05, 0.1) is 11.0 Å². The van der Waals surface area contributed by atoms with Crippen LogP contribution in [0.4, 0.5) is 0 Å². The van der Waals surface area contributed by atoms with Gasteiger partial charge in [0.15, 0.2) is 0 Å². The molecule has 1 amide bonds. The third-order valence-corrected chi connectivity index (χ3v) is 5.14. The molecule has 27 heavy (non-hydrogen) atoms. The van der Waals surface area contributed by atoms with Crippen molar-refractivity contribution in [1.82, 2.24) is 14.9 Å². The summed E-state index contributed by atoms with van der Waals surface area (Å²) in [5.41, 5.74) is 3.04. The highest BCUT2D eigenvalue weighted by molar-refractivity contribution is 5.81. The maximum Gasteiger partial charge on any atom is 0.240 e. The number of aryl methyl sites for hydroxylation is 1. The van der Waals surface area contributed by atoms with E-state index < -0.39 is 0 Å². The molecule has 140 valence electrons. The molecule has 3 aromatic rings. The van der Waals surface area contributed by atoms with Gasteiger partial charge in [-0.3, -0.25) is 4.79 Å². The molecule has 1 fully saturated rings. The van der Waals surface area contributed by atoms with Crippen molar-refractivity contribution in [3.8, 4) is 5.75 Å². The van der Waals surface area contributed by atoms with Gasteiger partial charge < -0.3 is 14.6 Å². The fourth-order valence-corrected chi connectivity index (χ4v) is 3.68. The first-order valence-electron chi connectivity index (χ1n) is 9.62. The zero-order chi connectivity index (χ0) is 18.6.